The van der Waals surface area contributed by atoms with E-state index in [9.17, 15) is 9.59 Å². The molecule has 0 radical (unpaired) electrons. The fourth-order valence-electron chi connectivity index (χ4n) is 4.04. The molecule has 1 amide bonds. The summed E-state index contributed by atoms with van der Waals surface area (Å²) in [5.41, 5.74) is 0.950. The van der Waals surface area contributed by atoms with Crippen LogP contribution in [0.25, 0.3) is 5.65 Å². The van der Waals surface area contributed by atoms with E-state index in [0.29, 0.717) is 31.6 Å². The minimum Gasteiger partial charge on any atom is -0.444 e. The third kappa shape index (κ3) is 3.56. The molecule has 7 nitrogen and oxygen atoms in total. The highest BCUT2D eigenvalue weighted by atomic mass is 16.6. The van der Waals surface area contributed by atoms with Crippen molar-refractivity contribution in [2.75, 3.05) is 13.2 Å². The predicted octanol–water partition coefficient (Wildman–Crippen LogP) is 2.93. The summed E-state index contributed by atoms with van der Waals surface area (Å²) >= 11 is 0. The molecule has 2 aromatic rings. The normalized spacial score (nSPS) is 25.4. The van der Waals surface area contributed by atoms with Crippen LogP contribution in [0.4, 0.5) is 4.79 Å². The Morgan fingerprint density at radius 2 is 1.89 bits per heavy atom. The van der Waals surface area contributed by atoms with Gasteiger partial charge in [0.1, 0.15) is 11.2 Å². The topological polar surface area (TPSA) is 73.1 Å². The van der Waals surface area contributed by atoms with E-state index in [4.69, 9.17) is 9.47 Å². The number of nitrogens with zero attached hydrogens (tertiary/aromatic N) is 3. The van der Waals surface area contributed by atoms with Crippen LogP contribution in [0, 0.1) is 5.92 Å². The third-order valence-corrected chi connectivity index (χ3v) is 5.17. The van der Waals surface area contributed by atoms with Gasteiger partial charge in [-0.2, -0.15) is 0 Å². The van der Waals surface area contributed by atoms with E-state index in [1.165, 1.54) is 0 Å². The van der Waals surface area contributed by atoms with Crippen molar-refractivity contribution in [2.45, 2.75) is 51.3 Å². The quantitative estimate of drug-likeness (QED) is 0.759. The van der Waals surface area contributed by atoms with Crippen molar-refractivity contribution in [2.24, 2.45) is 5.92 Å². The summed E-state index contributed by atoms with van der Waals surface area (Å²) < 4.78 is 13.1. The van der Waals surface area contributed by atoms with E-state index in [1.807, 2.05) is 49.7 Å². The van der Waals surface area contributed by atoms with Crippen LogP contribution in [0.2, 0.25) is 0 Å². The average Bonchev–Trinajstić information content (AvgIpc) is 3.06. The Morgan fingerprint density at radius 3 is 2.56 bits per heavy atom. The molecule has 2 unspecified atom stereocenters. The van der Waals surface area contributed by atoms with Crippen LogP contribution in [0.3, 0.4) is 0 Å². The summed E-state index contributed by atoms with van der Waals surface area (Å²) in [6.45, 7) is 6.47. The second kappa shape index (κ2) is 6.64. The summed E-state index contributed by atoms with van der Waals surface area (Å²) in [7, 11) is 0. The first-order chi connectivity index (χ1) is 12.8. The van der Waals surface area contributed by atoms with Crippen molar-refractivity contribution in [3.63, 3.8) is 0 Å². The number of hydrogen-bond acceptors (Lipinski definition) is 5. The summed E-state index contributed by atoms with van der Waals surface area (Å²) in [4.78, 5) is 31.7. The van der Waals surface area contributed by atoms with Crippen LogP contribution in [-0.2, 0) is 9.47 Å². The van der Waals surface area contributed by atoms with Crippen molar-refractivity contribution >= 4 is 17.5 Å². The molecule has 2 fully saturated rings. The minimum atomic E-state index is -0.543. The zero-order valence-corrected chi connectivity index (χ0v) is 15.9. The number of aromatic nitrogens is 2. The molecule has 2 saturated heterocycles. The first-order valence-corrected chi connectivity index (χ1v) is 9.38. The molecular weight excluding hydrogens is 346 g/mol. The van der Waals surface area contributed by atoms with Crippen LogP contribution in [-0.4, -0.2) is 57.1 Å². The van der Waals surface area contributed by atoms with E-state index < -0.39 is 5.60 Å². The molecule has 2 aliphatic rings. The lowest BCUT2D eigenvalue weighted by atomic mass is 9.81. The lowest BCUT2D eigenvalue weighted by Gasteiger charge is -2.47. The van der Waals surface area contributed by atoms with Gasteiger partial charge in [0.15, 0.2) is 5.78 Å². The summed E-state index contributed by atoms with van der Waals surface area (Å²) in [5.74, 6) is -0.00473. The van der Waals surface area contributed by atoms with Gasteiger partial charge in [0.2, 0.25) is 0 Å². The van der Waals surface area contributed by atoms with Gasteiger partial charge in [-0.25, -0.2) is 9.78 Å². The smallest absolute Gasteiger partial charge is 0.410 e. The molecule has 27 heavy (non-hydrogen) atoms. The SMILES string of the molecule is CC(C)(C)OC(=O)N1C2COCC1CC(C(=O)c1ccc3nccn3c1)C2. The second-order valence-electron chi connectivity index (χ2n) is 8.38. The molecular formula is C20H25N3O4. The number of fused-ring (bicyclic) bond motifs is 3. The van der Waals surface area contributed by atoms with Gasteiger partial charge in [0.05, 0.1) is 25.3 Å². The number of ether oxygens (including phenoxy) is 2. The molecule has 2 atom stereocenters. The molecule has 7 heteroatoms. The van der Waals surface area contributed by atoms with E-state index in [0.717, 1.165) is 5.65 Å². The van der Waals surface area contributed by atoms with Crippen LogP contribution >= 0.6 is 0 Å². The van der Waals surface area contributed by atoms with Crippen LogP contribution in [0.5, 0.6) is 0 Å². The van der Waals surface area contributed by atoms with Gasteiger partial charge in [0.25, 0.3) is 0 Å². The van der Waals surface area contributed by atoms with Crippen molar-refractivity contribution in [1.29, 1.82) is 0 Å². The fraction of sp³-hybridized carbons (Fsp3) is 0.550. The van der Waals surface area contributed by atoms with Gasteiger partial charge in [-0.05, 0) is 45.7 Å². The molecule has 2 aliphatic heterocycles. The molecule has 2 bridgehead atoms. The standard InChI is InChI=1S/C20H25N3O4/c1-20(2,3)27-19(25)23-15-8-14(9-16(23)12-26-11-15)18(24)13-4-5-17-21-6-7-22(17)10-13/h4-7,10,14-16H,8-9,11-12H2,1-3H3. The molecule has 2 aromatic heterocycles. The maximum atomic E-state index is 13.1. The highest BCUT2D eigenvalue weighted by Crippen LogP contribution is 2.34. The number of carbonyl (C=O) groups excluding carboxylic acids is 2. The van der Waals surface area contributed by atoms with Gasteiger partial charge in [-0.1, -0.05) is 0 Å². The highest BCUT2D eigenvalue weighted by Gasteiger charge is 2.45. The Hall–Kier alpha value is -2.41. The number of carbonyl (C=O) groups is 2. The Kier molecular flexibility index (Phi) is 4.42. The maximum absolute atomic E-state index is 13.1. The van der Waals surface area contributed by atoms with Crippen LogP contribution in [0.15, 0.2) is 30.7 Å². The largest absolute Gasteiger partial charge is 0.444 e. The Morgan fingerprint density at radius 1 is 1.19 bits per heavy atom. The maximum Gasteiger partial charge on any atom is 0.410 e. The number of hydrogen-bond donors (Lipinski definition) is 0. The van der Waals surface area contributed by atoms with E-state index in [2.05, 4.69) is 4.98 Å². The number of ketones is 1. The summed E-state index contributed by atoms with van der Waals surface area (Å²) in [6, 6.07) is 3.43. The first kappa shape index (κ1) is 18.0. The van der Waals surface area contributed by atoms with Gasteiger partial charge in [-0.3, -0.25) is 9.69 Å². The van der Waals surface area contributed by atoms with E-state index in [-0.39, 0.29) is 29.9 Å². The zero-order chi connectivity index (χ0) is 19.2. The molecule has 0 saturated carbocycles. The van der Waals surface area contributed by atoms with Gasteiger partial charge >= 0.3 is 6.09 Å². The Bertz CT molecular complexity index is 855. The number of rotatable bonds is 2. The number of pyridine rings is 1. The number of piperidine rings is 1. The molecule has 4 rings (SSSR count). The van der Waals surface area contributed by atoms with Crippen LogP contribution < -0.4 is 0 Å². The number of imidazole rings is 1. The monoisotopic (exact) mass is 371 g/mol. The molecule has 0 N–H and O–H groups in total. The zero-order valence-electron chi connectivity index (χ0n) is 15.9. The van der Waals surface area contributed by atoms with Crippen molar-refractivity contribution < 1.29 is 19.1 Å². The Balaban J connectivity index is 1.52. The molecule has 4 heterocycles. The van der Waals surface area contributed by atoms with Gasteiger partial charge in [-0.15, -0.1) is 0 Å². The number of Topliss-reactive ketones (excluding diaryl/α,β-unsaturated/α-hetero) is 1. The number of amides is 1. The van der Waals surface area contributed by atoms with Crippen molar-refractivity contribution in [1.82, 2.24) is 14.3 Å². The van der Waals surface area contributed by atoms with Crippen LogP contribution in [0.1, 0.15) is 44.0 Å². The molecule has 0 aliphatic carbocycles. The number of morpholine rings is 1. The summed E-state index contributed by atoms with van der Waals surface area (Å²) in [6.07, 6.45) is 6.25. The second-order valence-corrected chi connectivity index (χ2v) is 8.38. The minimum absolute atomic E-state index is 0.117. The molecule has 0 spiro atoms. The van der Waals surface area contributed by atoms with E-state index in [1.54, 1.807) is 11.1 Å². The fourth-order valence-corrected chi connectivity index (χ4v) is 4.04. The summed E-state index contributed by atoms with van der Waals surface area (Å²) in [5, 5.41) is 0. The Labute approximate surface area is 158 Å². The molecule has 0 aromatic carbocycles. The van der Waals surface area contributed by atoms with Gasteiger partial charge < -0.3 is 13.9 Å². The molecule has 144 valence electrons. The average molecular weight is 371 g/mol. The lowest BCUT2D eigenvalue weighted by Crippen LogP contribution is -2.60. The first-order valence-electron chi connectivity index (χ1n) is 9.38. The predicted molar refractivity (Wildman–Crippen MR) is 98.7 cm³/mol. The van der Waals surface area contributed by atoms with Gasteiger partial charge in [0, 0.05) is 30.1 Å². The van der Waals surface area contributed by atoms with E-state index >= 15 is 0 Å². The third-order valence-electron chi connectivity index (χ3n) is 5.17. The highest BCUT2D eigenvalue weighted by molar-refractivity contribution is 5.98. The van der Waals surface area contributed by atoms with Crippen molar-refractivity contribution in [3.8, 4) is 0 Å². The lowest BCUT2D eigenvalue weighted by molar-refractivity contribution is -0.0861. The van der Waals surface area contributed by atoms with Crippen molar-refractivity contribution in [3.05, 3.63) is 36.3 Å².